The van der Waals surface area contributed by atoms with Crippen LogP contribution in [0.15, 0.2) is 61.1 Å². The van der Waals surface area contributed by atoms with E-state index in [1.54, 1.807) is 18.5 Å². The van der Waals surface area contributed by atoms with Crippen LogP contribution in [0, 0.1) is 0 Å². The molecule has 1 aliphatic rings. The lowest BCUT2D eigenvalue weighted by atomic mass is 10.2. The first kappa shape index (κ1) is 23.1. The zero-order valence-electron chi connectivity index (χ0n) is 19.7. The maximum atomic E-state index is 12.1. The van der Waals surface area contributed by atoms with Crippen molar-refractivity contribution in [2.24, 2.45) is 0 Å². The molecule has 1 aromatic carbocycles. The highest BCUT2D eigenvalue weighted by Crippen LogP contribution is 2.25. The number of pyridine rings is 1. The van der Waals surface area contributed by atoms with Crippen molar-refractivity contribution in [1.29, 1.82) is 0 Å². The third-order valence-electron chi connectivity index (χ3n) is 6.09. The summed E-state index contributed by atoms with van der Waals surface area (Å²) in [4.78, 5) is 15.9. The van der Waals surface area contributed by atoms with Gasteiger partial charge >= 0.3 is 0 Å². The lowest BCUT2D eigenvalue weighted by Crippen LogP contribution is -2.43. The van der Waals surface area contributed by atoms with Gasteiger partial charge in [0.1, 0.15) is 11.5 Å². The second-order valence-electron chi connectivity index (χ2n) is 8.55. The molecule has 4 aromatic rings. The summed E-state index contributed by atoms with van der Waals surface area (Å²) in [6, 6.07) is 13.9. The maximum Gasteiger partial charge on any atom is 0.233 e. The standard InChI is InChI=1S/C24H28N8O2S/c1-30(35(2,33)34)22-19(5-4-9-26-22)17-32-12-8-18-16-27-24(29-23(18)32)28-20-6-3-7-21(15-20)31-13-10-25-11-14-31/h3-9,12,15-16,25H,10-11,13-14,17H2,1-2H3,(H,27,28,29). The molecule has 0 spiro atoms. The van der Waals surface area contributed by atoms with Gasteiger partial charge in [-0.3, -0.25) is 4.31 Å². The Bertz CT molecular complexity index is 1450. The first-order chi connectivity index (χ1) is 16.9. The van der Waals surface area contributed by atoms with Gasteiger partial charge in [0.25, 0.3) is 0 Å². The molecule has 1 saturated heterocycles. The van der Waals surface area contributed by atoms with Gasteiger partial charge in [0.2, 0.25) is 16.0 Å². The molecule has 0 saturated carbocycles. The first-order valence-electron chi connectivity index (χ1n) is 11.4. The Balaban J connectivity index is 1.41. The molecular weight excluding hydrogens is 464 g/mol. The number of hydrogen-bond acceptors (Lipinski definition) is 8. The SMILES string of the molecule is CN(c1ncccc1Cn1ccc2cnc(Nc3cccc(N4CCNCC4)c3)nc21)S(C)(=O)=O. The zero-order valence-corrected chi connectivity index (χ0v) is 20.5. The van der Waals surface area contributed by atoms with Gasteiger partial charge in [0, 0.05) is 74.1 Å². The lowest BCUT2D eigenvalue weighted by Gasteiger charge is -2.29. The number of aromatic nitrogens is 4. The normalized spacial score (nSPS) is 14.3. The van der Waals surface area contributed by atoms with E-state index >= 15 is 0 Å². The van der Waals surface area contributed by atoms with Gasteiger partial charge in [-0.2, -0.15) is 4.98 Å². The Labute approximate surface area is 204 Å². The van der Waals surface area contributed by atoms with E-state index in [0.29, 0.717) is 18.3 Å². The maximum absolute atomic E-state index is 12.1. The van der Waals surface area contributed by atoms with Gasteiger partial charge in [-0.15, -0.1) is 0 Å². The number of hydrogen-bond donors (Lipinski definition) is 2. The van der Waals surface area contributed by atoms with Gasteiger partial charge in [-0.05, 0) is 30.3 Å². The minimum Gasteiger partial charge on any atom is -0.369 e. The highest BCUT2D eigenvalue weighted by atomic mass is 32.2. The smallest absolute Gasteiger partial charge is 0.233 e. The fourth-order valence-electron chi connectivity index (χ4n) is 4.17. The molecule has 11 heteroatoms. The van der Waals surface area contributed by atoms with Crippen LogP contribution in [0.2, 0.25) is 0 Å². The molecule has 0 radical (unpaired) electrons. The van der Waals surface area contributed by atoms with Crippen molar-refractivity contribution in [3.63, 3.8) is 0 Å². The van der Waals surface area contributed by atoms with Gasteiger partial charge in [0.15, 0.2) is 0 Å². The van der Waals surface area contributed by atoms with Crippen molar-refractivity contribution in [3.05, 3.63) is 66.6 Å². The molecule has 0 aliphatic carbocycles. The summed E-state index contributed by atoms with van der Waals surface area (Å²) < 4.78 is 27.3. The lowest BCUT2D eigenvalue weighted by molar-refractivity contribution is 0.589. The molecule has 182 valence electrons. The Morgan fingerprint density at radius 1 is 1.11 bits per heavy atom. The molecule has 0 amide bonds. The van der Waals surface area contributed by atoms with Crippen LogP contribution in [0.4, 0.5) is 23.1 Å². The number of rotatable bonds is 7. The van der Waals surface area contributed by atoms with Gasteiger partial charge in [0.05, 0.1) is 12.8 Å². The highest BCUT2D eigenvalue weighted by Gasteiger charge is 2.18. The van der Waals surface area contributed by atoms with Crippen LogP contribution in [0.1, 0.15) is 5.56 Å². The van der Waals surface area contributed by atoms with E-state index in [1.165, 1.54) is 23.3 Å². The van der Waals surface area contributed by atoms with Crippen LogP contribution < -0.4 is 19.8 Å². The topological polar surface area (TPSA) is 108 Å². The van der Waals surface area contributed by atoms with E-state index in [1.807, 2.05) is 35.0 Å². The summed E-state index contributed by atoms with van der Waals surface area (Å²) in [5.74, 6) is 0.892. The van der Waals surface area contributed by atoms with E-state index < -0.39 is 10.0 Å². The molecule has 0 atom stereocenters. The number of nitrogens with zero attached hydrogens (tertiary/aromatic N) is 6. The summed E-state index contributed by atoms with van der Waals surface area (Å²) in [6.45, 7) is 4.33. The Morgan fingerprint density at radius 2 is 1.94 bits per heavy atom. The summed E-state index contributed by atoms with van der Waals surface area (Å²) in [6.07, 6.45) is 6.46. The molecule has 35 heavy (non-hydrogen) atoms. The Kier molecular flexibility index (Phi) is 6.27. The number of piperazine rings is 1. The van der Waals surface area contributed by atoms with Gasteiger partial charge in [-0.25, -0.2) is 18.4 Å². The van der Waals surface area contributed by atoms with Crippen molar-refractivity contribution < 1.29 is 8.42 Å². The number of benzene rings is 1. The van der Waals surface area contributed by atoms with E-state index in [4.69, 9.17) is 4.98 Å². The molecular formula is C24H28N8O2S. The van der Waals surface area contributed by atoms with Crippen LogP contribution in [-0.4, -0.2) is 67.4 Å². The Hall–Kier alpha value is -3.70. The van der Waals surface area contributed by atoms with E-state index in [9.17, 15) is 8.42 Å². The second-order valence-corrected chi connectivity index (χ2v) is 10.6. The van der Waals surface area contributed by atoms with Crippen LogP contribution in [0.5, 0.6) is 0 Å². The largest absolute Gasteiger partial charge is 0.369 e. The monoisotopic (exact) mass is 492 g/mol. The summed E-state index contributed by atoms with van der Waals surface area (Å²) in [7, 11) is -1.93. The van der Waals surface area contributed by atoms with Crippen molar-refractivity contribution in [2.45, 2.75) is 6.54 Å². The molecule has 2 N–H and O–H groups in total. The number of anilines is 4. The molecule has 3 aromatic heterocycles. The van der Waals surface area contributed by atoms with Gasteiger partial charge < -0.3 is 20.1 Å². The quantitative estimate of drug-likeness (QED) is 0.405. The van der Waals surface area contributed by atoms with E-state index in [0.717, 1.165) is 48.5 Å². The minimum atomic E-state index is -3.43. The molecule has 1 fully saturated rings. The third kappa shape index (κ3) is 5.05. The van der Waals surface area contributed by atoms with Crippen LogP contribution in [0.25, 0.3) is 11.0 Å². The van der Waals surface area contributed by atoms with E-state index in [-0.39, 0.29) is 0 Å². The summed E-state index contributed by atoms with van der Waals surface area (Å²) in [5.41, 5.74) is 3.61. The molecule has 4 heterocycles. The Morgan fingerprint density at radius 3 is 2.74 bits per heavy atom. The predicted molar refractivity (Wildman–Crippen MR) is 139 cm³/mol. The predicted octanol–water partition coefficient (Wildman–Crippen LogP) is 2.42. The van der Waals surface area contributed by atoms with Crippen molar-refractivity contribution in [3.8, 4) is 0 Å². The number of nitrogens with one attached hydrogen (secondary N) is 2. The third-order valence-corrected chi connectivity index (χ3v) is 7.26. The second kappa shape index (κ2) is 9.51. The molecule has 10 nitrogen and oxygen atoms in total. The van der Waals surface area contributed by atoms with E-state index in [2.05, 4.69) is 37.6 Å². The molecule has 1 aliphatic heterocycles. The average molecular weight is 493 g/mol. The minimum absolute atomic E-state index is 0.397. The van der Waals surface area contributed by atoms with Crippen LogP contribution in [0.3, 0.4) is 0 Å². The fraction of sp³-hybridized carbons (Fsp3) is 0.292. The highest BCUT2D eigenvalue weighted by molar-refractivity contribution is 7.92. The first-order valence-corrected chi connectivity index (χ1v) is 13.3. The van der Waals surface area contributed by atoms with Gasteiger partial charge in [-0.1, -0.05) is 12.1 Å². The van der Waals surface area contributed by atoms with Crippen LogP contribution >= 0.6 is 0 Å². The van der Waals surface area contributed by atoms with Crippen molar-refractivity contribution in [2.75, 3.05) is 54.0 Å². The molecule has 5 rings (SSSR count). The summed E-state index contributed by atoms with van der Waals surface area (Å²) >= 11 is 0. The van der Waals surface area contributed by atoms with Crippen LogP contribution in [-0.2, 0) is 16.6 Å². The fourth-order valence-corrected chi connectivity index (χ4v) is 4.65. The molecule has 0 unspecified atom stereocenters. The zero-order chi connectivity index (χ0) is 24.4. The molecule has 0 bridgehead atoms. The number of fused-ring (bicyclic) bond motifs is 1. The average Bonchev–Trinajstić information content (AvgIpc) is 3.26. The van der Waals surface area contributed by atoms with Crippen molar-refractivity contribution >= 4 is 44.2 Å². The van der Waals surface area contributed by atoms with Crippen molar-refractivity contribution in [1.82, 2.24) is 24.8 Å². The number of sulfonamides is 1. The summed E-state index contributed by atoms with van der Waals surface area (Å²) in [5, 5.41) is 7.60.